The number of amides is 1. The van der Waals surface area contributed by atoms with E-state index >= 15 is 0 Å². The van der Waals surface area contributed by atoms with Crippen molar-refractivity contribution in [3.05, 3.63) is 64.5 Å². The highest BCUT2D eigenvalue weighted by atomic mass is 32.2. The number of nitrogens with zero attached hydrogens (tertiary/aromatic N) is 3. The first-order valence-corrected chi connectivity index (χ1v) is 11.4. The van der Waals surface area contributed by atoms with Crippen molar-refractivity contribution in [3.63, 3.8) is 0 Å². The highest BCUT2D eigenvalue weighted by Gasteiger charge is 2.12. The lowest BCUT2D eigenvalue weighted by atomic mass is 10.0. The van der Waals surface area contributed by atoms with Crippen LogP contribution in [-0.4, -0.2) is 33.5 Å². The molecule has 164 valence electrons. The molecule has 2 aromatic carbocycles. The smallest absolute Gasteiger partial charge is 0.234 e. The van der Waals surface area contributed by atoms with Crippen molar-refractivity contribution in [2.45, 2.75) is 45.2 Å². The summed E-state index contributed by atoms with van der Waals surface area (Å²) in [6.07, 6.45) is 2.80. The Labute approximate surface area is 188 Å². The number of aromatic nitrogens is 3. The lowest BCUT2D eigenvalue weighted by molar-refractivity contribution is -0.113. The number of hydrogen-bond donors (Lipinski definition) is 1. The predicted molar refractivity (Wildman–Crippen MR) is 126 cm³/mol. The number of carbonyl (C=O) groups is 1. The van der Waals surface area contributed by atoms with Gasteiger partial charge in [0, 0.05) is 19.2 Å². The van der Waals surface area contributed by atoms with Crippen LogP contribution in [0.4, 0.5) is 5.69 Å². The summed E-state index contributed by atoms with van der Waals surface area (Å²) in [6, 6.07) is 12.2. The summed E-state index contributed by atoms with van der Waals surface area (Å²) < 4.78 is 7.26. The number of benzene rings is 2. The topological polar surface area (TPSA) is 69.0 Å². The van der Waals surface area contributed by atoms with Crippen molar-refractivity contribution in [1.82, 2.24) is 14.8 Å². The van der Waals surface area contributed by atoms with E-state index in [4.69, 9.17) is 4.74 Å². The van der Waals surface area contributed by atoms with Gasteiger partial charge < -0.3 is 14.6 Å². The van der Waals surface area contributed by atoms with E-state index in [9.17, 15) is 4.79 Å². The van der Waals surface area contributed by atoms with Crippen molar-refractivity contribution in [3.8, 4) is 5.75 Å². The number of anilines is 1. The van der Waals surface area contributed by atoms with Gasteiger partial charge in [0.05, 0.1) is 12.9 Å². The van der Waals surface area contributed by atoms with Gasteiger partial charge in [0.15, 0.2) is 5.16 Å². The summed E-state index contributed by atoms with van der Waals surface area (Å²) in [4.78, 5) is 12.3. The number of rotatable bonds is 9. The van der Waals surface area contributed by atoms with Crippen LogP contribution in [0.2, 0.25) is 0 Å². The largest absolute Gasteiger partial charge is 0.497 e. The Morgan fingerprint density at radius 1 is 1.06 bits per heavy atom. The van der Waals surface area contributed by atoms with Gasteiger partial charge in [0.1, 0.15) is 11.6 Å². The van der Waals surface area contributed by atoms with Crippen LogP contribution < -0.4 is 10.1 Å². The molecular formula is C24H30N4O2S. The third-order valence-corrected chi connectivity index (χ3v) is 6.18. The van der Waals surface area contributed by atoms with Gasteiger partial charge in [-0.1, -0.05) is 23.9 Å². The molecule has 0 radical (unpaired) electrons. The Bertz CT molecular complexity index is 1040. The maximum absolute atomic E-state index is 12.3. The van der Waals surface area contributed by atoms with E-state index in [2.05, 4.69) is 40.6 Å². The average molecular weight is 439 g/mol. The summed E-state index contributed by atoms with van der Waals surface area (Å²) in [5.74, 6) is 2.07. The van der Waals surface area contributed by atoms with Crippen LogP contribution in [0.5, 0.6) is 5.75 Å². The van der Waals surface area contributed by atoms with Gasteiger partial charge in [0.25, 0.3) is 0 Å². The molecule has 3 rings (SSSR count). The van der Waals surface area contributed by atoms with Crippen LogP contribution in [0.3, 0.4) is 0 Å². The number of aryl methyl sites for hydroxylation is 5. The van der Waals surface area contributed by atoms with E-state index in [-0.39, 0.29) is 5.91 Å². The van der Waals surface area contributed by atoms with Crippen molar-refractivity contribution in [1.29, 1.82) is 0 Å². The number of ether oxygens (including phenoxy) is 1. The first-order chi connectivity index (χ1) is 14.9. The van der Waals surface area contributed by atoms with Crippen LogP contribution in [0.1, 0.15) is 34.5 Å². The molecule has 7 heteroatoms. The molecule has 0 saturated carbocycles. The predicted octanol–water partition coefficient (Wildman–Crippen LogP) is 4.66. The van der Waals surface area contributed by atoms with E-state index in [1.165, 1.54) is 22.9 Å². The first kappa shape index (κ1) is 22.9. The van der Waals surface area contributed by atoms with Crippen molar-refractivity contribution in [2.75, 3.05) is 18.2 Å². The molecular weight excluding hydrogens is 408 g/mol. The van der Waals surface area contributed by atoms with Crippen LogP contribution >= 0.6 is 11.8 Å². The second-order valence-corrected chi connectivity index (χ2v) is 8.76. The number of nitrogens with one attached hydrogen (secondary N) is 1. The second-order valence-electron chi connectivity index (χ2n) is 7.82. The first-order valence-electron chi connectivity index (χ1n) is 10.4. The van der Waals surface area contributed by atoms with Crippen LogP contribution in [0, 0.1) is 20.8 Å². The number of thioether (sulfide) groups is 1. The van der Waals surface area contributed by atoms with Gasteiger partial charge in [-0.2, -0.15) is 0 Å². The van der Waals surface area contributed by atoms with Crippen molar-refractivity contribution < 1.29 is 9.53 Å². The van der Waals surface area contributed by atoms with E-state index in [1.807, 2.05) is 43.7 Å². The van der Waals surface area contributed by atoms with E-state index in [0.29, 0.717) is 5.75 Å². The van der Waals surface area contributed by atoms with Gasteiger partial charge in [-0.05, 0) is 80.1 Å². The van der Waals surface area contributed by atoms with E-state index < -0.39 is 0 Å². The molecule has 0 fully saturated rings. The van der Waals surface area contributed by atoms with Gasteiger partial charge in [-0.25, -0.2) is 0 Å². The molecule has 0 saturated heterocycles. The molecule has 1 N–H and O–H groups in total. The number of hydrogen-bond acceptors (Lipinski definition) is 5. The molecule has 0 spiro atoms. The fourth-order valence-corrected chi connectivity index (χ4v) is 4.31. The lowest BCUT2D eigenvalue weighted by Gasteiger charge is -2.09. The van der Waals surface area contributed by atoms with Gasteiger partial charge in [-0.15, -0.1) is 10.2 Å². The zero-order chi connectivity index (χ0) is 22.4. The molecule has 0 aliphatic carbocycles. The Morgan fingerprint density at radius 3 is 2.48 bits per heavy atom. The molecule has 0 bridgehead atoms. The molecule has 1 heterocycles. The standard InChI is InChI=1S/C24H30N4O2S/c1-16-11-17(2)13-20(12-16)25-23(29)15-31-24-27-26-22(28(24)4)8-6-7-19-9-10-21(30-5)14-18(19)3/h9-14H,6-8,15H2,1-5H3,(H,25,29). The minimum Gasteiger partial charge on any atom is -0.497 e. The number of carbonyl (C=O) groups excluding carboxylic acids is 1. The zero-order valence-electron chi connectivity index (χ0n) is 18.9. The molecule has 1 aromatic heterocycles. The molecule has 0 atom stereocenters. The summed E-state index contributed by atoms with van der Waals surface area (Å²) >= 11 is 1.40. The third-order valence-electron chi connectivity index (χ3n) is 5.16. The molecule has 31 heavy (non-hydrogen) atoms. The highest BCUT2D eigenvalue weighted by Crippen LogP contribution is 2.21. The average Bonchev–Trinajstić information content (AvgIpc) is 3.06. The molecule has 0 unspecified atom stereocenters. The Morgan fingerprint density at radius 2 is 1.81 bits per heavy atom. The maximum Gasteiger partial charge on any atom is 0.234 e. The molecule has 6 nitrogen and oxygen atoms in total. The third kappa shape index (κ3) is 6.34. The van der Waals surface area contributed by atoms with E-state index in [1.54, 1.807) is 7.11 Å². The van der Waals surface area contributed by atoms with E-state index in [0.717, 1.165) is 52.8 Å². The van der Waals surface area contributed by atoms with Gasteiger partial charge >= 0.3 is 0 Å². The minimum absolute atomic E-state index is 0.0467. The van der Waals surface area contributed by atoms with Crippen LogP contribution in [-0.2, 0) is 24.7 Å². The summed E-state index contributed by atoms with van der Waals surface area (Å²) in [5, 5.41) is 12.3. The van der Waals surface area contributed by atoms with Crippen molar-refractivity contribution in [2.24, 2.45) is 7.05 Å². The molecule has 0 aliphatic heterocycles. The molecule has 0 aliphatic rings. The van der Waals surface area contributed by atoms with Crippen LogP contribution in [0.25, 0.3) is 0 Å². The second kappa shape index (κ2) is 10.5. The van der Waals surface area contributed by atoms with Gasteiger partial charge in [0.2, 0.25) is 5.91 Å². The Balaban J connectivity index is 1.50. The molecule has 3 aromatic rings. The summed E-state index contributed by atoms with van der Waals surface area (Å²) in [7, 11) is 3.64. The summed E-state index contributed by atoms with van der Waals surface area (Å²) in [6.45, 7) is 6.15. The fraction of sp³-hybridized carbons (Fsp3) is 0.375. The zero-order valence-corrected chi connectivity index (χ0v) is 19.7. The highest BCUT2D eigenvalue weighted by molar-refractivity contribution is 7.99. The quantitative estimate of drug-likeness (QED) is 0.492. The van der Waals surface area contributed by atoms with Crippen LogP contribution in [0.15, 0.2) is 41.6 Å². The minimum atomic E-state index is -0.0467. The SMILES string of the molecule is COc1ccc(CCCc2nnc(SCC(=O)Nc3cc(C)cc(C)c3)n2C)c(C)c1. The fourth-order valence-electron chi connectivity index (χ4n) is 3.58. The van der Waals surface area contributed by atoms with Gasteiger partial charge in [-0.3, -0.25) is 4.79 Å². The monoisotopic (exact) mass is 438 g/mol. The summed E-state index contributed by atoms with van der Waals surface area (Å²) in [5.41, 5.74) is 5.65. The Kier molecular flexibility index (Phi) is 7.74. The number of methoxy groups -OCH3 is 1. The molecule has 1 amide bonds. The maximum atomic E-state index is 12.3. The Hall–Kier alpha value is -2.80. The normalized spacial score (nSPS) is 10.9. The van der Waals surface area contributed by atoms with Crippen molar-refractivity contribution >= 4 is 23.4 Å². The lowest BCUT2D eigenvalue weighted by Crippen LogP contribution is -2.14.